The second-order valence-electron chi connectivity index (χ2n) is 4.39. The maximum atomic E-state index is 12.9. The van der Waals surface area contributed by atoms with Crippen molar-refractivity contribution < 1.29 is 27.9 Å². The zero-order valence-electron chi connectivity index (χ0n) is 12.1. The van der Waals surface area contributed by atoms with Crippen LogP contribution in [0.25, 0.3) is 0 Å². The number of amides is 1. The van der Waals surface area contributed by atoms with E-state index in [1.165, 1.54) is 25.3 Å². The van der Waals surface area contributed by atoms with E-state index >= 15 is 0 Å². The van der Waals surface area contributed by atoms with Gasteiger partial charge in [-0.25, -0.2) is 4.39 Å². The number of nitrogens with one attached hydrogen (secondary N) is 1. The molecule has 0 radical (unpaired) electrons. The summed E-state index contributed by atoms with van der Waals surface area (Å²) in [4.78, 5) is 22.7. The van der Waals surface area contributed by atoms with Crippen LogP contribution in [0.2, 0.25) is 5.02 Å². The third-order valence-corrected chi connectivity index (χ3v) is 3.07. The smallest absolute Gasteiger partial charge is 0.325 e. The molecule has 0 bridgehead atoms. The maximum absolute atomic E-state index is 12.9. The Hall–Kier alpha value is -2.54. The molecule has 23 heavy (non-hydrogen) atoms. The molecule has 1 aromatic carbocycles. The molecule has 0 saturated carbocycles. The Morgan fingerprint density at radius 2 is 2.09 bits per heavy atom. The number of carbonyl (C=O) groups excluding carboxylic acids is 2. The summed E-state index contributed by atoms with van der Waals surface area (Å²) in [5.74, 6) is -0.904. The molecule has 6 nitrogen and oxygen atoms in total. The van der Waals surface area contributed by atoms with Crippen molar-refractivity contribution in [3.63, 3.8) is 0 Å². The zero-order chi connectivity index (χ0) is 16.8. The van der Waals surface area contributed by atoms with Crippen molar-refractivity contribution in [2.45, 2.75) is 6.61 Å². The molecule has 0 aliphatic heterocycles. The molecule has 1 heterocycles. The predicted octanol–water partition coefficient (Wildman–Crippen LogP) is 2.55. The van der Waals surface area contributed by atoms with Crippen LogP contribution in [-0.2, 0) is 16.1 Å². The van der Waals surface area contributed by atoms with Crippen LogP contribution in [0.1, 0.15) is 16.3 Å². The first kappa shape index (κ1) is 16.8. The van der Waals surface area contributed by atoms with Gasteiger partial charge in [0.05, 0.1) is 12.1 Å². The van der Waals surface area contributed by atoms with Crippen molar-refractivity contribution in [3.8, 4) is 5.75 Å². The van der Waals surface area contributed by atoms with Gasteiger partial charge in [-0.15, -0.1) is 0 Å². The molecule has 122 valence electrons. The standard InChI is InChI=1S/C15H13ClFNO5/c1-21-14(19)7-18-15(20)13-5-3-10(23-13)8-22-12-4-2-9(17)6-11(12)16/h2-6H,7-8H2,1H3,(H,18,20). The second kappa shape index (κ2) is 7.64. The third kappa shape index (κ3) is 4.72. The van der Waals surface area contributed by atoms with Crippen LogP contribution >= 0.6 is 11.6 Å². The van der Waals surface area contributed by atoms with Crippen LogP contribution < -0.4 is 10.1 Å². The normalized spacial score (nSPS) is 10.2. The number of carbonyl (C=O) groups is 2. The molecule has 1 N–H and O–H groups in total. The van der Waals surface area contributed by atoms with Crippen LogP contribution in [-0.4, -0.2) is 25.5 Å². The molecular weight excluding hydrogens is 329 g/mol. The van der Waals surface area contributed by atoms with E-state index < -0.39 is 17.7 Å². The number of methoxy groups -OCH3 is 1. The number of furan rings is 1. The van der Waals surface area contributed by atoms with E-state index in [1.54, 1.807) is 6.07 Å². The maximum Gasteiger partial charge on any atom is 0.325 e. The number of ether oxygens (including phenoxy) is 2. The number of hydrogen-bond acceptors (Lipinski definition) is 5. The van der Waals surface area contributed by atoms with Crippen LogP contribution in [0.3, 0.4) is 0 Å². The predicted molar refractivity (Wildman–Crippen MR) is 78.8 cm³/mol. The van der Waals surface area contributed by atoms with Crippen molar-refractivity contribution in [2.24, 2.45) is 0 Å². The zero-order valence-corrected chi connectivity index (χ0v) is 12.9. The molecule has 1 aromatic heterocycles. The molecule has 8 heteroatoms. The summed E-state index contributed by atoms with van der Waals surface area (Å²) in [5.41, 5.74) is 0. The number of esters is 1. The number of halogens is 2. The topological polar surface area (TPSA) is 77.8 Å². The van der Waals surface area contributed by atoms with Crippen molar-refractivity contribution in [3.05, 3.63) is 52.7 Å². The SMILES string of the molecule is COC(=O)CNC(=O)c1ccc(COc2ccc(F)cc2Cl)o1. The van der Waals surface area contributed by atoms with Crippen molar-refractivity contribution in [2.75, 3.05) is 13.7 Å². The molecule has 0 atom stereocenters. The van der Waals surface area contributed by atoms with E-state index in [-0.39, 0.29) is 23.9 Å². The summed E-state index contributed by atoms with van der Waals surface area (Å²) in [6.45, 7) is -0.247. The first-order valence-electron chi connectivity index (χ1n) is 6.51. The Morgan fingerprint density at radius 1 is 1.30 bits per heavy atom. The monoisotopic (exact) mass is 341 g/mol. The lowest BCUT2D eigenvalue weighted by Crippen LogP contribution is -2.29. The average Bonchev–Trinajstić information content (AvgIpc) is 3.00. The summed E-state index contributed by atoms with van der Waals surface area (Å²) in [5, 5.41) is 2.47. The minimum Gasteiger partial charge on any atom is -0.484 e. The Morgan fingerprint density at radius 3 is 2.78 bits per heavy atom. The van der Waals surface area contributed by atoms with Crippen LogP contribution in [0, 0.1) is 5.82 Å². The van der Waals surface area contributed by atoms with Gasteiger partial charge in [-0.2, -0.15) is 0 Å². The van der Waals surface area contributed by atoms with Crippen LogP contribution in [0.15, 0.2) is 34.7 Å². The molecule has 2 aromatic rings. The van der Waals surface area contributed by atoms with Gasteiger partial charge in [0.1, 0.15) is 30.5 Å². The highest BCUT2D eigenvalue weighted by Crippen LogP contribution is 2.25. The number of hydrogen-bond donors (Lipinski definition) is 1. The van der Waals surface area contributed by atoms with Crippen molar-refractivity contribution >= 4 is 23.5 Å². The van der Waals surface area contributed by atoms with Gasteiger partial charge in [-0.1, -0.05) is 11.6 Å². The molecule has 2 rings (SSSR count). The van der Waals surface area contributed by atoms with Gasteiger partial charge >= 0.3 is 5.97 Å². The van der Waals surface area contributed by atoms with E-state index in [1.807, 2.05) is 0 Å². The first-order valence-corrected chi connectivity index (χ1v) is 6.89. The molecule has 0 unspecified atom stereocenters. The fourth-order valence-corrected chi connectivity index (χ4v) is 1.85. The fourth-order valence-electron chi connectivity index (χ4n) is 1.63. The second-order valence-corrected chi connectivity index (χ2v) is 4.80. The molecule has 0 spiro atoms. The Balaban J connectivity index is 1.91. The van der Waals surface area contributed by atoms with E-state index in [0.717, 1.165) is 6.07 Å². The minimum atomic E-state index is -0.570. The summed E-state index contributed by atoms with van der Waals surface area (Å²) < 4.78 is 28.0. The van der Waals surface area contributed by atoms with E-state index in [0.29, 0.717) is 11.5 Å². The minimum absolute atomic E-state index is 0.00956. The summed E-state index contributed by atoms with van der Waals surface area (Å²) in [7, 11) is 1.22. The third-order valence-electron chi connectivity index (χ3n) is 2.77. The number of benzene rings is 1. The summed E-state index contributed by atoms with van der Waals surface area (Å²) >= 11 is 5.83. The first-order chi connectivity index (χ1) is 11.0. The molecule has 0 aliphatic rings. The Kier molecular flexibility index (Phi) is 5.59. The fraction of sp³-hybridized carbons (Fsp3) is 0.200. The Bertz CT molecular complexity index is 716. The van der Waals surface area contributed by atoms with Crippen LogP contribution in [0.4, 0.5) is 4.39 Å². The van der Waals surface area contributed by atoms with Gasteiger partial charge in [0.15, 0.2) is 5.76 Å². The van der Waals surface area contributed by atoms with Gasteiger partial charge in [0.25, 0.3) is 5.91 Å². The van der Waals surface area contributed by atoms with Gasteiger partial charge in [-0.3, -0.25) is 9.59 Å². The van der Waals surface area contributed by atoms with E-state index in [9.17, 15) is 14.0 Å². The quantitative estimate of drug-likeness (QED) is 0.817. The van der Waals surface area contributed by atoms with Gasteiger partial charge in [-0.05, 0) is 30.3 Å². The van der Waals surface area contributed by atoms with Gasteiger partial charge < -0.3 is 19.2 Å². The van der Waals surface area contributed by atoms with E-state index in [4.69, 9.17) is 20.8 Å². The summed E-state index contributed by atoms with van der Waals surface area (Å²) in [6, 6.07) is 6.73. The highest BCUT2D eigenvalue weighted by Gasteiger charge is 2.13. The Labute approximate surface area is 136 Å². The highest BCUT2D eigenvalue weighted by atomic mass is 35.5. The molecule has 1 amide bonds. The molecule has 0 aliphatic carbocycles. The lowest BCUT2D eigenvalue weighted by atomic mass is 10.3. The van der Waals surface area contributed by atoms with Crippen molar-refractivity contribution in [1.29, 1.82) is 0 Å². The molecular formula is C15H13ClFNO5. The molecule has 0 fully saturated rings. The van der Waals surface area contributed by atoms with Crippen molar-refractivity contribution in [1.82, 2.24) is 5.32 Å². The van der Waals surface area contributed by atoms with Crippen LogP contribution in [0.5, 0.6) is 5.75 Å². The van der Waals surface area contributed by atoms with E-state index in [2.05, 4.69) is 10.1 Å². The van der Waals surface area contributed by atoms with Gasteiger partial charge in [0, 0.05) is 0 Å². The van der Waals surface area contributed by atoms with Gasteiger partial charge in [0.2, 0.25) is 0 Å². The highest BCUT2D eigenvalue weighted by molar-refractivity contribution is 6.32. The lowest BCUT2D eigenvalue weighted by Gasteiger charge is -2.06. The number of rotatable bonds is 6. The molecule has 0 saturated heterocycles. The average molecular weight is 342 g/mol. The lowest BCUT2D eigenvalue weighted by molar-refractivity contribution is -0.139. The largest absolute Gasteiger partial charge is 0.484 e. The summed E-state index contributed by atoms with van der Waals surface area (Å²) in [6.07, 6.45) is 0.